The lowest BCUT2D eigenvalue weighted by molar-refractivity contribution is -0.116. The molecule has 1 aromatic rings. The number of fused-ring (bicyclic) bond motifs is 1. The molecule has 1 aromatic carbocycles. The van der Waals surface area contributed by atoms with Crippen molar-refractivity contribution < 1.29 is 4.79 Å². The van der Waals surface area contributed by atoms with Crippen molar-refractivity contribution >= 4 is 23.2 Å². The Kier molecular flexibility index (Phi) is 2.70. The van der Waals surface area contributed by atoms with Crippen LogP contribution in [0.15, 0.2) is 18.2 Å². The average Bonchev–Trinajstić information content (AvgIpc) is 2.54. The zero-order valence-electron chi connectivity index (χ0n) is 8.96. The van der Waals surface area contributed by atoms with Gasteiger partial charge in [-0.15, -0.1) is 0 Å². The highest BCUT2D eigenvalue weighted by Crippen LogP contribution is 2.35. The smallest absolute Gasteiger partial charge is 0.224 e. The van der Waals surface area contributed by atoms with E-state index in [0.717, 1.165) is 23.6 Å². The largest absolute Gasteiger partial charge is 0.309 e. The van der Waals surface area contributed by atoms with Crippen molar-refractivity contribution in [1.29, 1.82) is 0 Å². The second-order valence-electron chi connectivity index (χ2n) is 3.93. The van der Waals surface area contributed by atoms with Crippen LogP contribution in [0.1, 0.15) is 25.8 Å². The lowest BCUT2D eigenvalue weighted by Gasteiger charge is -2.22. The van der Waals surface area contributed by atoms with Crippen molar-refractivity contribution in [1.82, 2.24) is 0 Å². The van der Waals surface area contributed by atoms with E-state index in [-0.39, 0.29) is 5.91 Å². The van der Waals surface area contributed by atoms with Crippen LogP contribution in [-0.2, 0) is 11.2 Å². The van der Waals surface area contributed by atoms with Crippen molar-refractivity contribution in [2.75, 3.05) is 4.90 Å². The van der Waals surface area contributed by atoms with E-state index in [4.69, 9.17) is 11.6 Å². The van der Waals surface area contributed by atoms with E-state index >= 15 is 0 Å². The molecule has 0 spiro atoms. The summed E-state index contributed by atoms with van der Waals surface area (Å²) >= 11 is 5.94. The minimum atomic E-state index is 0.114. The molecule has 1 aliphatic rings. The summed E-state index contributed by atoms with van der Waals surface area (Å²) in [4.78, 5) is 13.4. The molecule has 80 valence electrons. The molecule has 0 saturated carbocycles. The average molecular weight is 224 g/mol. The van der Waals surface area contributed by atoms with E-state index in [1.54, 1.807) is 6.92 Å². The second-order valence-corrected chi connectivity index (χ2v) is 4.36. The molecule has 0 aliphatic carbocycles. The predicted molar refractivity (Wildman–Crippen MR) is 62.4 cm³/mol. The van der Waals surface area contributed by atoms with Crippen LogP contribution in [0, 0.1) is 0 Å². The molecule has 0 fully saturated rings. The topological polar surface area (TPSA) is 20.3 Å². The summed E-state index contributed by atoms with van der Waals surface area (Å²) in [6.45, 7) is 3.72. The molecule has 2 nitrogen and oxygen atoms in total. The van der Waals surface area contributed by atoms with Gasteiger partial charge in [0.2, 0.25) is 5.91 Å². The summed E-state index contributed by atoms with van der Waals surface area (Å²) in [5.41, 5.74) is 2.21. The molecule has 0 N–H and O–H groups in total. The number of carbonyl (C=O) groups excluding carboxylic acids is 1. The molecule has 1 unspecified atom stereocenters. The van der Waals surface area contributed by atoms with E-state index in [1.807, 2.05) is 23.1 Å². The number of carbonyl (C=O) groups is 1. The SMILES string of the molecule is CCC1Cc2cc(Cl)ccc2N1C(C)=O. The fraction of sp³-hybridized carbons (Fsp3) is 0.417. The summed E-state index contributed by atoms with van der Waals surface area (Å²) in [5.74, 6) is 0.114. The first kappa shape index (κ1) is 10.5. The van der Waals surface area contributed by atoms with Gasteiger partial charge in [-0.25, -0.2) is 0 Å². The third-order valence-electron chi connectivity index (χ3n) is 2.93. The van der Waals surface area contributed by atoms with Gasteiger partial charge in [-0.3, -0.25) is 4.79 Å². The third-order valence-corrected chi connectivity index (χ3v) is 3.17. The van der Waals surface area contributed by atoms with Gasteiger partial charge in [0, 0.05) is 23.7 Å². The van der Waals surface area contributed by atoms with Gasteiger partial charge < -0.3 is 4.90 Å². The quantitative estimate of drug-likeness (QED) is 0.717. The van der Waals surface area contributed by atoms with E-state index < -0.39 is 0 Å². The molecule has 0 saturated heterocycles. The molecule has 1 amide bonds. The molecule has 1 atom stereocenters. The van der Waals surface area contributed by atoms with Gasteiger partial charge >= 0.3 is 0 Å². The number of amides is 1. The number of hydrogen-bond donors (Lipinski definition) is 0. The highest BCUT2D eigenvalue weighted by atomic mass is 35.5. The van der Waals surface area contributed by atoms with E-state index in [2.05, 4.69) is 6.92 Å². The van der Waals surface area contributed by atoms with Gasteiger partial charge in [0.05, 0.1) is 0 Å². The maximum Gasteiger partial charge on any atom is 0.224 e. The first-order valence-corrected chi connectivity index (χ1v) is 5.59. The first-order valence-electron chi connectivity index (χ1n) is 5.21. The lowest BCUT2D eigenvalue weighted by atomic mass is 10.1. The standard InChI is InChI=1S/C12H14ClNO/c1-3-11-7-9-6-10(13)4-5-12(9)14(11)8(2)15/h4-6,11H,3,7H2,1-2H3. The number of anilines is 1. The van der Waals surface area contributed by atoms with Crippen molar-refractivity contribution in [3.05, 3.63) is 28.8 Å². The minimum Gasteiger partial charge on any atom is -0.309 e. The number of benzene rings is 1. The summed E-state index contributed by atoms with van der Waals surface area (Å²) in [6.07, 6.45) is 1.90. The Morgan fingerprint density at radius 3 is 2.93 bits per heavy atom. The molecule has 15 heavy (non-hydrogen) atoms. The van der Waals surface area contributed by atoms with Gasteiger partial charge in [-0.05, 0) is 36.6 Å². The Morgan fingerprint density at radius 1 is 1.60 bits per heavy atom. The molecule has 3 heteroatoms. The van der Waals surface area contributed by atoms with Gasteiger partial charge in [0.15, 0.2) is 0 Å². The van der Waals surface area contributed by atoms with Crippen LogP contribution in [0.3, 0.4) is 0 Å². The monoisotopic (exact) mass is 223 g/mol. The fourth-order valence-corrected chi connectivity index (χ4v) is 2.44. The third kappa shape index (κ3) is 1.74. The van der Waals surface area contributed by atoms with Gasteiger partial charge in [-0.1, -0.05) is 18.5 Å². The van der Waals surface area contributed by atoms with E-state index in [9.17, 15) is 4.79 Å². The lowest BCUT2D eigenvalue weighted by Crippen LogP contribution is -2.35. The number of nitrogens with zero attached hydrogens (tertiary/aromatic N) is 1. The predicted octanol–water partition coefficient (Wildman–Crippen LogP) is 3.03. The van der Waals surface area contributed by atoms with Crippen LogP contribution in [-0.4, -0.2) is 11.9 Å². The summed E-state index contributed by atoms with van der Waals surface area (Å²) in [7, 11) is 0. The van der Waals surface area contributed by atoms with Gasteiger partial charge in [-0.2, -0.15) is 0 Å². The molecule has 2 rings (SSSR count). The Morgan fingerprint density at radius 2 is 2.33 bits per heavy atom. The molecule has 0 radical (unpaired) electrons. The summed E-state index contributed by atoms with van der Waals surface area (Å²) in [5, 5.41) is 0.744. The van der Waals surface area contributed by atoms with Crippen LogP contribution in [0.25, 0.3) is 0 Å². The molecular formula is C12H14ClNO. The Labute approximate surface area is 94.8 Å². The van der Waals surface area contributed by atoms with Crippen LogP contribution < -0.4 is 4.90 Å². The highest BCUT2D eigenvalue weighted by molar-refractivity contribution is 6.30. The Bertz CT molecular complexity index is 403. The molecule has 0 bridgehead atoms. The minimum absolute atomic E-state index is 0.114. The number of rotatable bonds is 1. The van der Waals surface area contributed by atoms with Crippen LogP contribution in [0.2, 0.25) is 5.02 Å². The van der Waals surface area contributed by atoms with Crippen molar-refractivity contribution in [2.24, 2.45) is 0 Å². The fourth-order valence-electron chi connectivity index (χ4n) is 2.25. The van der Waals surface area contributed by atoms with Crippen molar-refractivity contribution in [3.8, 4) is 0 Å². The number of halogens is 1. The van der Waals surface area contributed by atoms with Crippen molar-refractivity contribution in [2.45, 2.75) is 32.7 Å². The number of hydrogen-bond acceptors (Lipinski definition) is 1. The second kappa shape index (κ2) is 3.86. The van der Waals surface area contributed by atoms with Crippen LogP contribution >= 0.6 is 11.6 Å². The van der Waals surface area contributed by atoms with Gasteiger partial charge in [0.1, 0.15) is 0 Å². The molecule has 0 aromatic heterocycles. The van der Waals surface area contributed by atoms with Crippen LogP contribution in [0.4, 0.5) is 5.69 Å². The summed E-state index contributed by atoms with van der Waals surface area (Å²) < 4.78 is 0. The van der Waals surface area contributed by atoms with Crippen molar-refractivity contribution in [3.63, 3.8) is 0 Å². The summed E-state index contributed by atoms with van der Waals surface area (Å²) in [6, 6.07) is 6.04. The van der Waals surface area contributed by atoms with Gasteiger partial charge in [0.25, 0.3) is 0 Å². The Hall–Kier alpha value is -1.02. The van der Waals surface area contributed by atoms with E-state index in [1.165, 1.54) is 5.56 Å². The van der Waals surface area contributed by atoms with Crippen LogP contribution in [0.5, 0.6) is 0 Å². The zero-order valence-corrected chi connectivity index (χ0v) is 9.71. The Balaban J connectivity index is 2.44. The maximum atomic E-state index is 11.6. The molecular weight excluding hydrogens is 210 g/mol. The first-order chi connectivity index (χ1) is 7.13. The maximum absolute atomic E-state index is 11.6. The molecule has 1 heterocycles. The zero-order chi connectivity index (χ0) is 11.0. The van der Waals surface area contributed by atoms with E-state index in [0.29, 0.717) is 6.04 Å². The normalized spacial score (nSPS) is 19.1. The highest BCUT2D eigenvalue weighted by Gasteiger charge is 2.30. The molecule has 1 aliphatic heterocycles.